The minimum absolute atomic E-state index is 0. The minimum Gasteiger partial charge on any atom is -0.486 e. The van der Waals surface area contributed by atoms with E-state index >= 15 is 0 Å². The number of aryl methyl sites for hydroxylation is 1. The molecule has 1 unspecified atom stereocenters. The number of hydrogen-bond acceptors (Lipinski definition) is 5. The van der Waals surface area contributed by atoms with E-state index in [9.17, 15) is 9.59 Å². The largest absolute Gasteiger partial charge is 0.486 e. The Morgan fingerprint density at radius 2 is 2.03 bits per heavy atom. The number of fused-ring (bicyclic) bond motifs is 1. The Morgan fingerprint density at radius 1 is 1.30 bits per heavy atom. The molecule has 2 N–H and O–H groups in total. The molecule has 1 saturated heterocycles. The van der Waals surface area contributed by atoms with Crippen LogP contribution in [0.1, 0.15) is 28.8 Å². The number of pyridine rings is 1. The fourth-order valence-corrected chi connectivity index (χ4v) is 3.99. The minimum atomic E-state index is -0.484. The predicted octanol–water partition coefficient (Wildman–Crippen LogP) is 3.26. The molecule has 0 bridgehead atoms. The Morgan fingerprint density at radius 3 is 2.73 bits per heavy atom. The molecule has 4 rings (SSSR count). The average molecular weight is 454 g/mol. The standard InChI is InChI=1S/C21H24ClN3O4.ClH/c1-13-4-6-25(12-14-3-2-5-23-11-14)21(27)19(13)20(26)24-16-10-18-17(9-15(16)22)28-7-8-29-18;/h4,6,9-10,14,23H,2-3,5,7-8,11-12H2,1H3,(H,24,26);1H. The lowest BCUT2D eigenvalue weighted by atomic mass is 9.99. The molecule has 1 fully saturated rings. The number of rotatable bonds is 4. The van der Waals surface area contributed by atoms with Gasteiger partial charge in [-0.1, -0.05) is 11.6 Å². The van der Waals surface area contributed by atoms with E-state index in [1.165, 1.54) is 0 Å². The fraction of sp³-hybridized carbons (Fsp3) is 0.429. The van der Waals surface area contributed by atoms with Crippen molar-refractivity contribution in [2.24, 2.45) is 5.92 Å². The van der Waals surface area contributed by atoms with Crippen LogP contribution >= 0.6 is 24.0 Å². The SMILES string of the molecule is Cc1ccn(CC2CCCNC2)c(=O)c1C(=O)Nc1cc2c(cc1Cl)OCCO2.Cl. The van der Waals surface area contributed by atoms with E-state index in [-0.39, 0.29) is 23.5 Å². The summed E-state index contributed by atoms with van der Waals surface area (Å²) in [4.78, 5) is 26.0. The highest BCUT2D eigenvalue weighted by molar-refractivity contribution is 6.34. The lowest BCUT2D eigenvalue weighted by Gasteiger charge is -2.23. The third-order valence-electron chi connectivity index (χ3n) is 5.33. The predicted molar refractivity (Wildman–Crippen MR) is 119 cm³/mol. The van der Waals surface area contributed by atoms with E-state index in [0.29, 0.717) is 53.4 Å². The van der Waals surface area contributed by atoms with Gasteiger partial charge in [0.25, 0.3) is 11.5 Å². The molecule has 0 aliphatic carbocycles. The molecule has 1 aromatic heterocycles. The maximum absolute atomic E-state index is 13.0. The van der Waals surface area contributed by atoms with E-state index < -0.39 is 5.91 Å². The van der Waals surface area contributed by atoms with E-state index in [0.717, 1.165) is 25.9 Å². The van der Waals surface area contributed by atoms with Crippen molar-refractivity contribution in [1.29, 1.82) is 0 Å². The molecular formula is C21H25Cl2N3O4. The molecule has 0 radical (unpaired) electrons. The zero-order chi connectivity index (χ0) is 20.4. The summed E-state index contributed by atoms with van der Waals surface area (Å²) >= 11 is 6.29. The van der Waals surface area contributed by atoms with Crippen molar-refractivity contribution < 1.29 is 14.3 Å². The van der Waals surface area contributed by atoms with E-state index in [1.54, 1.807) is 35.9 Å². The molecule has 0 spiro atoms. The van der Waals surface area contributed by atoms with Crippen LogP contribution in [0.15, 0.2) is 29.2 Å². The van der Waals surface area contributed by atoms with Crippen LogP contribution in [0.3, 0.4) is 0 Å². The third kappa shape index (κ3) is 4.74. The van der Waals surface area contributed by atoms with Gasteiger partial charge in [0.2, 0.25) is 0 Å². The number of nitrogens with one attached hydrogen (secondary N) is 2. The van der Waals surface area contributed by atoms with Crippen molar-refractivity contribution in [2.45, 2.75) is 26.3 Å². The van der Waals surface area contributed by atoms with Crippen LogP contribution in [-0.4, -0.2) is 36.8 Å². The summed E-state index contributed by atoms with van der Waals surface area (Å²) in [6.45, 7) is 5.14. The summed E-state index contributed by atoms with van der Waals surface area (Å²) in [5.74, 6) is 0.955. The Kier molecular flexibility index (Phi) is 7.28. The molecule has 7 nitrogen and oxygen atoms in total. The molecule has 2 aromatic rings. The van der Waals surface area contributed by atoms with Crippen LogP contribution in [0.2, 0.25) is 5.02 Å². The van der Waals surface area contributed by atoms with Crippen LogP contribution < -0.4 is 25.7 Å². The molecule has 9 heteroatoms. The number of aromatic nitrogens is 1. The Labute approximate surface area is 186 Å². The molecule has 162 valence electrons. The summed E-state index contributed by atoms with van der Waals surface area (Å²) in [5, 5.41) is 6.44. The average Bonchev–Trinajstić information content (AvgIpc) is 2.71. The maximum atomic E-state index is 13.0. The first-order chi connectivity index (χ1) is 14.0. The molecule has 3 heterocycles. The number of piperidine rings is 1. The van der Waals surface area contributed by atoms with Gasteiger partial charge in [-0.05, 0) is 50.4 Å². The second-order valence-electron chi connectivity index (χ2n) is 7.47. The number of ether oxygens (including phenoxy) is 2. The first-order valence-electron chi connectivity index (χ1n) is 9.84. The van der Waals surface area contributed by atoms with E-state index in [2.05, 4.69) is 10.6 Å². The van der Waals surface area contributed by atoms with Gasteiger partial charge in [-0.2, -0.15) is 0 Å². The molecule has 1 aromatic carbocycles. The lowest BCUT2D eigenvalue weighted by Crippen LogP contribution is -2.36. The van der Waals surface area contributed by atoms with Gasteiger partial charge in [-0.15, -0.1) is 12.4 Å². The van der Waals surface area contributed by atoms with Gasteiger partial charge >= 0.3 is 0 Å². The van der Waals surface area contributed by atoms with Gasteiger partial charge in [0, 0.05) is 24.9 Å². The number of hydrogen-bond donors (Lipinski definition) is 2. The fourth-order valence-electron chi connectivity index (χ4n) is 3.79. The lowest BCUT2D eigenvalue weighted by molar-refractivity contribution is 0.102. The highest BCUT2D eigenvalue weighted by atomic mass is 35.5. The highest BCUT2D eigenvalue weighted by Gasteiger charge is 2.21. The van der Waals surface area contributed by atoms with Gasteiger partial charge in [0.1, 0.15) is 18.8 Å². The zero-order valence-electron chi connectivity index (χ0n) is 16.7. The Hall–Kier alpha value is -2.22. The molecule has 2 aliphatic rings. The quantitative estimate of drug-likeness (QED) is 0.742. The number of anilines is 1. The molecule has 0 saturated carbocycles. The third-order valence-corrected chi connectivity index (χ3v) is 5.65. The van der Waals surface area contributed by atoms with E-state index in [1.807, 2.05) is 0 Å². The summed E-state index contributed by atoms with van der Waals surface area (Å²) < 4.78 is 12.7. The second-order valence-corrected chi connectivity index (χ2v) is 7.88. The summed E-state index contributed by atoms with van der Waals surface area (Å²) in [6.07, 6.45) is 3.93. The molecule has 30 heavy (non-hydrogen) atoms. The van der Waals surface area contributed by atoms with Crippen molar-refractivity contribution in [1.82, 2.24) is 9.88 Å². The molecule has 1 amide bonds. The number of carbonyl (C=O) groups is 1. The second kappa shape index (κ2) is 9.73. The van der Waals surface area contributed by atoms with E-state index in [4.69, 9.17) is 21.1 Å². The number of benzene rings is 1. The first-order valence-corrected chi connectivity index (χ1v) is 10.2. The van der Waals surface area contributed by atoms with Gasteiger partial charge in [-0.25, -0.2) is 0 Å². The van der Waals surface area contributed by atoms with Crippen molar-refractivity contribution in [2.75, 3.05) is 31.6 Å². The van der Waals surface area contributed by atoms with Crippen molar-refractivity contribution in [3.63, 3.8) is 0 Å². The van der Waals surface area contributed by atoms with Gasteiger partial charge in [0.05, 0.1) is 10.7 Å². The molecular weight excluding hydrogens is 429 g/mol. The summed E-state index contributed by atoms with van der Waals surface area (Å²) in [7, 11) is 0. The van der Waals surface area contributed by atoms with Crippen LogP contribution in [-0.2, 0) is 6.54 Å². The van der Waals surface area contributed by atoms with Gasteiger partial charge in [0.15, 0.2) is 11.5 Å². The highest BCUT2D eigenvalue weighted by Crippen LogP contribution is 2.38. The zero-order valence-corrected chi connectivity index (χ0v) is 18.3. The van der Waals surface area contributed by atoms with Gasteiger partial charge < -0.3 is 24.7 Å². The van der Waals surface area contributed by atoms with Crippen molar-refractivity contribution in [3.8, 4) is 11.5 Å². The van der Waals surface area contributed by atoms with Gasteiger partial charge in [-0.3, -0.25) is 9.59 Å². The number of halogens is 2. The smallest absolute Gasteiger partial charge is 0.263 e. The van der Waals surface area contributed by atoms with Crippen LogP contribution in [0.5, 0.6) is 11.5 Å². The van der Waals surface area contributed by atoms with Crippen molar-refractivity contribution in [3.05, 3.63) is 50.9 Å². The van der Waals surface area contributed by atoms with Crippen LogP contribution in [0, 0.1) is 12.8 Å². The molecule has 1 atom stereocenters. The summed E-state index contributed by atoms with van der Waals surface area (Å²) in [6, 6.07) is 5.04. The first kappa shape index (κ1) is 22.5. The maximum Gasteiger partial charge on any atom is 0.263 e. The number of carbonyl (C=O) groups excluding carboxylic acids is 1. The molecule has 2 aliphatic heterocycles. The van der Waals surface area contributed by atoms with Crippen molar-refractivity contribution >= 4 is 35.6 Å². The van der Waals surface area contributed by atoms with Crippen LogP contribution in [0.25, 0.3) is 0 Å². The topological polar surface area (TPSA) is 81.6 Å². The normalized spacial score (nSPS) is 17.7. The van der Waals surface area contributed by atoms with Crippen LogP contribution in [0.4, 0.5) is 5.69 Å². The Balaban J connectivity index is 0.00000256. The Bertz CT molecular complexity index is 987. The summed E-state index contributed by atoms with van der Waals surface area (Å²) in [5.41, 5.74) is 0.842. The monoisotopic (exact) mass is 453 g/mol. The number of nitrogens with zero attached hydrogens (tertiary/aromatic N) is 1. The number of amides is 1.